The summed E-state index contributed by atoms with van der Waals surface area (Å²) < 4.78 is 0. The fourth-order valence-corrected chi connectivity index (χ4v) is 4.26. The number of anilines is 1. The standard InChI is InChI=1S/C22H32N2O2/c1-16-7-8-17(2)20(15-16)23-21(25)18-9-11-19(12-10-18)22(26)24-13-5-3-4-6-14-24/h7-8,15,18-19H,3-6,9-14H2,1-2H3,(H,23,25). The third-order valence-corrected chi connectivity index (χ3v) is 6.02. The van der Waals surface area contributed by atoms with Crippen LogP contribution >= 0.6 is 0 Å². The molecule has 1 aliphatic carbocycles. The molecule has 0 aromatic heterocycles. The molecule has 2 fully saturated rings. The summed E-state index contributed by atoms with van der Waals surface area (Å²) in [6.45, 7) is 5.90. The summed E-state index contributed by atoms with van der Waals surface area (Å²) in [5, 5.41) is 3.10. The first-order valence-corrected chi connectivity index (χ1v) is 10.2. The van der Waals surface area contributed by atoms with Crippen molar-refractivity contribution in [1.29, 1.82) is 0 Å². The molecular formula is C22H32N2O2. The number of rotatable bonds is 3. The van der Waals surface area contributed by atoms with E-state index in [0.717, 1.165) is 68.4 Å². The number of hydrogen-bond donors (Lipinski definition) is 1. The first-order valence-electron chi connectivity index (χ1n) is 10.2. The number of hydrogen-bond acceptors (Lipinski definition) is 2. The minimum atomic E-state index is 0.0306. The molecule has 1 aromatic carbocycles. The van der Waals surface area contributed by atoms with Gasteiger partial charge in [-0.25, -0.2) is 0 Å². The molecular weight excluding hydrogens is 324 g/mol. The summed E-state index contributed by atoms with van der Waals surface area (Å²) in [4.78, 5) is 27.5. The molecule has 4 nitrogen and oxygen atoms in total. The molecule has 1 aliphatic heterocycles. The highest BCUT2D eigenvalue weighted by Crippen LogP contribution is 2.32. The number of likely N-dealkylation sites (tertiary alicyclic amines) is 1. The molecule has 0 bridgehead atoms. The monoisotopic (exact) mass is 356 g/mol. The minimum Gasteiger partial charge on any atom is -0.342 e. The second kappa shape index (κ2) is 8.70. The van der Waals surface area contributed by atoms with Crippen molar-refractivity contribution in [3.63, 3.8) is 0 Å². The van der Waals surface area contributed by atoms with E-state index in [1.165, 1.54) is 12.8 Å². The molecule has 2 amide bonds. The van der Waals surface area contributed by atoms with Crippen molar-refractivity contribution in [2.45, 2.75) is 65.2 Å². The molecule has 1 heterocycles. The van der Waals surface area contributed by atoms with Crippen molar-refractivity contribution in [3.8, 4) is 0 Å². The van der Waals surface area contributed by atoms with E-state index in [-0.39, 0.29) is 17.7 Å². The number of nitrogens with zero attached hydrogens (tertiary/aromatic N) is 1. The van der Waals surface area contributed by atoms with Crippen molar-refractivity contribution in [1.82, 2.24) is 4.90 Å². The van der Waals surface area contributed by atoms with Crippen LogP contribution in [0.3, 0.4) is 0 Å². The van der Waals surface area contributed by atoms with Crippen LogP contribution < -0.4 is 5.32 Å². The second-order valence-corrected chi connectivity index (χ2v) is 8.10. The maximum atomic E-state index is 12.8. The number of carbonyl (C=O) groups excluding carboxylic acids is 2. The zero-order chi connectivity index (χ0) is 18.5. The van der Waals surface area contributed by atoms with Crippen LogP contribution in [0, 0.1) is 25.7 Å². The molecule has 0 unspecified atom stereocenters. The van der Waals surface area contributed by atoms with Crippen molar-refractivity contribution < 1.29 is 9.59 Å². The van der Waals surface area contributed by atoms with Gasteiger partial charge >= 0.3 is 0 Å². The van der Waals surface area contributed by atoms with Crippen LogP contribution in [0.25, 0.3) is 0 Å². The molecule has 0 spiro atoms. The molecule has 4 heteroatoms. The lowest BCUT2D eigenvalue weighted by Gasteiger charge is -2.31. The Morgan fingerprint density at radius 3 is 2.19 bits per heavy atom. The highest BCUT2D eigenvalue weighted by Gasteiger charge is 2.32. The number of benzene rings is 1. The smallest absolute Gasteiger partial charge is 0.227 e. The van der Waals surface area contributed by atoms with Crippen LogP contribution in [0.1, 0.15) is 62.5 Å². The third-order valence-electron chi connectivity index (χ3n) is 6.02. The predicted octanol–water partition coefficient (Wildman–Crippen LogP) is 4.45. The maximum Gasteiger partial charge on any atom is 0.227 e. The molecule has 1 saturated heterocycles. The van der Waals surface area contributed by atoms with E-state index in [1.54, 1.807) is 0 Å². The minimum absolute atomic E-state index is 0.0306. The molecule has 26 heavy (non-hydrogen) atoms. The summed E-state index contributed by atoms with van der Waals surface area (Å²) in [6, 6.07) is 6.13. The van der Waals surface area contributed by atoms with Crippen LogP contribution in [0.5, 0.6) is 0 Å². The van der Waals surface area contributed by atoms with Gasteiger partial charge in [0.05, 0.1) is 0 Å². The zero-order valence-corrected chi connectivity index (χ0v) is 16.2. The fourth-order valence-electron chi connectivity index (χ4n) is 4.26. The Balaban J connectivity index is 1.52. The number of nitrogens with one attached hydrogen (secondary N) is 1. The fraction of sp³-hybridized carbons (Fsp3) is 0.636. The van der Waals surface area contributed by atoms with Gasteiger partial charge in [-0.15, -0.1) is 0 Å². The summed E-state index contributed by atoms with van der Waals surface area (Å²) in [6.07, 6.45) is 8.10. The first-order chi connectivity index (χ1) is 12.5. The van der Waals surface area contributed by atoms with Gasteiger partial charge in [0, 0.05) is 30.6 Å². The molecule has 1 N–H and O–H groups in total. The molecule has 1 aromatic rings. The molecule has 1 saturated carbocycles. The molecule has 0 atom stereocenters. The molecule has 142 valence electrons. The summed E-state index contributed by atoms with van der Waals surface area (Å²) in [5.41, 5.74) is 3.16. The third kappa shape index (κ3) is 4.66. The average molecular weight is 357 g/mol. The Morgan fingerprint density at radius 1 is 0.923 bits per heavy atom. The van der Waals surface area contributed by atoms with Gasteiger partial charge < -0.3 is 10.2 Å². The van der Waals surface area contributed by atoms with Gasteiger partial charge in [-0.05, 0) is 69.6 Å². The van der Waals surface area contributed by atoms with E-state index in [4.69, 9.17) is 0 Å². The molecule has 0 radical (unpaired) electrons. The lowest BCUT2D eigenvalue weighted by molar-refractivity contribution is -0.137. The van der Waals surface area contributed by atoms with Crippen LogP contribution in [-0.4, -0.2) is 29.8 Å². The van der Waals surface area contributed by atoms with Gasteiger partial charge in [0.25, 0.3) is 0 Å². The van der Waals surface area contributed by atoms with Gasteiger partial charge in [-0.3, -0.25) is 9.59 Å². The highest BCUT2D eigenvalue weighted by atomic mass is 16.2. The van der Waals surface area contributed by atoms with Gasteiger partial charge in [-0.1, -0.05) is 25.0 Å². The summed E-state index contributed by atoms with van der Waals surface area (Å²) in [5.74, 6) is 0.598. The van der Waals surface area contributed by atoms with Crippen molar-refractivity contribution >= 4 is 17.5 Å². The van der Waals surface area contributed by atoms with Gasteiger partial charge in [0.2, 0.25) is 11.8 Å². The van der Waals surface area contributed by atoms with E-state index < -0.39 is 0 Å². The van der Waals surface area contributed by atoms with Gasteiger partial charge in [0.15, 0.2) is 0 Å². The number of amides is 2. The van der Waals surface area contributed by atoms with Crippen LogP contribution in [-0.2, 0) is 9.59 Å². The Hall–Kier alpha value is -1.84. The number of carbonyl (C=O) groups is 2. The normalized spacial score (nSPS) is 24.0. The van der Waals surface area contributed by atoms with E-state index in [9.17, 15) is 9.59 Å². The second-order valence-electron chi connectivity index (χ2n) is 8.10. The Bertz CT molecular complexity index is 640. The van der Waals surface area contributed by atoms with E-state index in [1.807, 2.05) is 26.0 Å². The van der Waals surface area contributed by atoms with Crippen LogP contribution in [0.15, 0.2) is 18.2 Å². The van der Waals surface area contributed by atoms with Crippen molar-refractivity contribution in [3.05, 3.63) is 29.3 Å². The lowest BCUT2D eigenvalue weighted by atomic mass is 9.80. The Labute approximate surface area is 157 Å². The van der Waals surface area contributed by atoms with Crippen molar-refractivity contribution in [2.24, 2.45) is 11.8 Å². The maximum absolute atomic E-state index is 12.8. The van der Waals surface area contributed by atoms with Gasteiger partial charge in [-0.2, -0.15) is 0 Å². The van der Waals surface area contributed by atoms with E-state index >= 15 is 0 Å². The zero-order valence-electron chi connectivity index (χ0n) is 16.2. The summed E-state index contributed by atoms with van der Waals surface area (Å²) in [7, 11) is 0. The quantitative estimate of drug-likeness (QED) is 0.870. The molecule has 3 rings (SSSR count). The number of aryl methyl sites for hydroxylation is 2. The predicted molar refractivity (Wildman–Crippen MR) is 105 cm³/mol. The van der Waals surface area contributed by atoms with E-state index in [0.29, 0.717) is 5.91 Å². The highest BCUT2D eigenvalue weighted by molar-refractivity contribution is 5.93. The van der Waals surface area contributed by atoms with Crippen LogP contribution in [0.4, 0.5) is 5.69 Å². The topological polar surface area (TPSA) is 49.4 Å². The molecule has 2 aliphatic rings. The Kier molecular flexibility index (Phi) is 6.33. The van der Waals surface area contributed by atoms with E-state index in [2.05, 4.69) is 16.3 Å². The summed E-state index contributed by atoms with van der Waals surface area (Å²) >= 11 is 0. The lowest BCUT2D eigenvalue weighted by Crippen LogP contribution is -2.39. The SMILES string of the molecule is Cc1ccc(C)c(NC(=O)C2CCC(C(=O)N3CCCCCC3)CC2)c1. The van der Waals surface area contributed by atoms with Crippen molar-refractivity contribution in [2.75, 3.05) is 18.4 Å². The van der Waals surface area contributed by atoms with Gasteiger partial charge in [0.1, 0.15) is 0 Å². The first kappa shape index (κ1) is 18.9. The largest absolute Gasteiger partial charge is 0.342 e. The Morgan fingerprint density at radius 2 is 1.54 bits per heavy atom. The van der Waals surface area contributed by atoms with Crippen LogP contribution in [0.2, 0.25) is 0 Å². The average Bonchev–Trinajstić information content (AvgIpc) is 2.93.